The van der Waals surface area contributed by atoms with Crippen molar-refractivity contribution in [3.05, 3.63) is 35.6 Å². The molecule has 1 N–H and O–H groups in total. The molecule has 1 saturated carbocycles. The molecule has 0 radical (unpaired) electrons. The Morgan fingerprint density at radius 1 is 1.25 bits per heavy atom. The van der Waals surface area contributed by atoms with Crippen molar-refractivity contribution in [2.24, 2.45) is 0 Å². The minimum absolute atomic E-state index is 0.0772. The van der Waals surface area contributed by atoms with E-state index in [0.717, 1.165) is 12.0 Å². The SMILES string of the molecule is CNC1CCC(N(C)C(C)Cc2ccccc2F)CC1. The Morgan fingerprint density at radius 3 is 2.50 bits per heavy atom. The van der Waals surface area contributed by atoms with Gasteiger partial charge in [-0.15, -0.1) is 0 Å². The first-order chi connectivity index (χ1) is 9.61. The van der Waals surface area contributed by atoms with Gasteiger partial charge in [-0.25, -0.2) is 4.39 Å². The summed E-state index contributed by atoms with van der Waals surface area (Å²) in [7, 11) is 4.24. The smallest absolute Gasteiger partial charge is 0.126 e. The topological polar surface area (TPSA) is 15.3 Å². The second-order valence-corrected chi connectivity index (χ2v) is 6.10. The van der Waals surface area contributed by atoms with E-state index in [9.17, 15) is 4.39 Å². The maximum absolute atomic E-state index is 13.7. The Hall–Kier alpha value is -0.930. The molecule has 20 heavy (non-hydrogen) atoms. The summed E-state index contributed by atoms with van der Waals surface area (Å²) in [5, 5.41) is 3.37. The van der Waals surface area contributed by atoms with Crippen LogP contribution in [-0.2, 0) is 6.42 Å². The van der Waals surface area contributed by atoms with E-state index < -0.39 is 0 Å². The monoisotopic (exact) mass is 278 g/mol. The molecule has 1 aromatic rings. The summed E-state index contributed by atoms with van der Waals surface area (Å²) < 4.78 is 13.7. The highest BCUT2D eigenvalue weighted by Gasteiger charge is 2.25. The zero-order valence-electron chi connectivity index (χ0n) is 12.9. The lowest BCUT2D eigenvalue weighted by atomic mass is 9.89. The molecule has 1 unspecified atom stereocenters. The maximum atomic E-state index is 13.7. The standard InChI is InChI=1S/C17H27FN2/c1-13(12-14-6-4-5-7-17(14)18)20(3)16-10-8-15(19-2)9-11-16/h4-7,13,15-16,19H,8-12H2,1-3H3. The van der Waals surface area contributed by atoms with Crippen LogP contribution < -0.4 is 5.32 Å². The van der Waals surface area contributed by atoms with Crippen molar-refractivity contribution < 1.29 is 4.39 Å². The quantitative estimate of drug-likeness (QED) is 0.889. The average Bonchev–Trinajstić information content (AvgIpc) is 2.49. The summed E-state index contributed by atoms with van der Waals surface area (Å²) in [6, 6.07) is 8.83. The van der Waals surface area contributed by atoms with Crippen LogP contribution in [0.25, 0.3) is 0 Å². The van der Waals surface area contributed by atoms with E-state index in [1.807, 2.05) is 12.1 Å². The van der Waals surface area contributed by atoms with E-state index in [0.29, 0.717) is 18.1 Å². The van der Waals surface area contributed by atoms with Gasteiger partial charge in [0.05, 0.1) is 0 Å². The number of halogens is 1. The molecule has 1 aliphatic rings. The summed E-state index contributed by atoms with van der Waals surface area (Å²) in [4.78, 5) is 2.44. The fraction of sp³-hybridized carbons (Fsp3) is 0.647. The molecule has 3 heteroatoms. The molecule has 0 spiro atoms. The summed E-state index contributed by atoms with van der Waals surface area (Å²) in [5.74, 6) is -0.0772. The number of nitrogens with one attached hydrogen (secondary N) is 1. The normalized spacial score (nSPS) is 24.9. The molecule has 0 bridgehead atoms. The van der Waals surface area contributed by atoms with Crippen LogP contribution in [0.2, 0.25) is 0 Å². The number of rotatable bonds is 5. The average molecular weight is 278 g/mol. The van der Waals surface area contributed by atoms with Crippen molar-refractivity contribution in [2.45, 2.75) is 57.2 Å². The molecule has 1 aromatic carbocycles. The summed E-state index contributed by atoms with van der Waals surface area (Å²) in [5.41, 5.74) is 0.829. The Labute approximate surface area is 122 Å². The van der Waals surface area contributed by atoms with Gasteiger partial charge in [0.1, 0.15) is 5.82 Å². The van der Waals surface area contributed by atoms with E-state index in [2.05, 4.69) is 31.2 Å². The lowest BCUT2D eigenvalue weighted by Gasteiger charge is -2.38. The molecule has 0 aliphatic heterocycles. The lowest BCUT2D eigenvalue weighted by molar-refractivity contribution is 0.135. The van der Waals surface area contributed by atoms with Crippen LogP contribution >= 0.6 is 0 Å². The Kier molecular flexibility index (Phi) is 5.55. The highest BCUT2D eigenvalue weighted by atomic mass is 19.1. The molecule has 0 amide bonds. The molecule has 0 aromatic heterocycles. The van der Waals surface area contributed by atoms with Crippen LogP contribution in [0.1, 0.15) is 38.2 Å². The van der Waals surface area contributed by atoms with E-state index in [4.69, 9.17) is 0 Å². The lowest BCUT2D eigenvalue weighted by Crippen LogP contribution is -2.44. The molecule has 112 valence electrons. The van der Waals surface area contributed by atoms with Crippen LogP contribution in [0.15, 0.2) is 24.3 Å². The highest BCUT2D eigenvalue weighted by Crippen LogP contribution is 2.24. The first-order valence-corrected chi connectivity index (χ1v) is 7.74. The second-order valence-electron chi connectivity index (χ2n) is 6.10. The molecule has 0 heterocycles. The third-order valence-electron chi connectivity index (χ3n) is 4.85. The van der Waals surface area contributed by atoms with Crippen LogP contribution in [0, 0.1) is 5.82 Å². The van der Waals surface area contributed by atoms with Gasteiger partial charge in [0.25, 0.3) is 0 Å². The summed E-state index contributed by atoms with van der Waals surface area (Å²) >= 11 is 0. The van der Waals surface area contributed by atoms with Gasteiger partial charge in [-0.2, -0.15) is 0 Å². The van der Waals surface area contributed by atoms with E-state index >= 15 is 0 Å². The zero-order chi connectivity index (χ0) is 14.5. The van der Waals surface area contributed by atoms with Crippen LogP contribution in [0.5, 0.6) is 0 Å². The van der Waals surface area contributed by atoms with Crippen molar-refractivity contribution in [3.8, 4) is 0 Å². The molecule has 1 fully saturated rings. The van der Waals surface area contributed by atoms with Gasteiger partial charge in [-0.1, -0.05) is 18.2 Å². The Morgan fingerprint density at radius 2 is 1.90 bits per heavy atom. The third kappa shape index (κ3) is 3.80. The predicted octanol–water partition coefficient (Wildman–Crippen LogP) is 3.22. The van der Waals surface area contributed by atoms with Gasteiger partial charge in [0.15, 0.2) is 0 Å². The van der Waals surface area contributed by atoms with Gasteiger partial charge >= 0.3 is 0 Å². The van der Waals surface area contributed by atoms with Crippen LogP contribution in [0.4, 0.5) is 4.39 Å². The third-order valence-corrected chi connectivity index (χ3v) is 4.85. The first-order valence-electron chi connectivity index (χ1n) is 7.74. The minimum Gasteiger partial charge on any atom is -0.317 e. The maximum Gasteiger partial charge on any atom is 0.126 e. The van der Waals surface area contributed by atoms with Crippen molar-refractivity contribution in [2.75, 3.05) is 14.1 Å². The Balaban J connectivity index is 1.89. The number of hydrogen-bond acceptors (Lipinski definition) is 2. The molecule has 2 rings (SSSR count). The number of likely N-dealkylation sites (N-methyl/N-ethyl adjacent to an activating group) is 1. The van der Waals surface area contributed by atoms with Crippen molar-refractivity contribution >= 4 is 0 Å². The minimum atomic E-state index is -0.0772. The number of benzene rings is 1. The van der Waals surface area contributed by atoms with Crippen molar-refractivity contribution in [3.63, 3.8) is 0 Å². The van der Waals surface area contributed by atoms with Gasteiger partial charge in [0, 0.05) is 18.1 Å². The molecule has 2 nitrogen and oxygen atoms in total. The Bertz CT molecular complexity index is 413. The fourth-order valence-corrected chi connectivity index (χ4v) is 3.26. The molecular formula is C17H27FN2. The van der Waals surface area contributed by atoms with E-state index in [1.165, 1.54) is 25.7 Å². The van der Waals surface area contributed by atoms with Crippen molar-refractivity contribution in [1.29, 1.82) is 0 Å². The van der Waals surface area contributed by atoms with E-state index in [-0.39, 0.29) is 5.82 Å². The van der Waals surface area contributed by atoms with Crippen LogP contribution in [0.3, 0.4) is 0 Å². The molecule has 1 aliphatic carbocycles. The molecule has 1 atom stereocenters. The number of hydrogen-bond donors (Lipinski definition) is 1. The predicted molar refractivity (Wildman–Crippen MR) is 82.4 cm³/mol. The summed E-state index contributed by atoms with van der Waals surface area (Å²) in [6.45, 7) is 2.20. The number of nitrogens with zero attached hydrogens (tertiary/aromatic N) is 1. The summed E-state index contributed by atoms with van der Waals surface area (Å²) in [6.07, 6.45) is 5.76. The zero-order valence-corrected chi connectivity index (χ0v) is 12.9. The molecular weight excluding hydrogens is 251 g/mol. The van der Waals surface area contributed by atoms with Gasteiger partial charge in [0.2, 0.25) is 0 Å². The van der Waals surface area contributed by atoms with Gasteiger partial charge < -0.3 is 10.2 Å². The first kappa shape index (κ1) is 15.5. The molecule has 0 saturated heterocycles. The fourth-order valence-electron chi connectivity index (χ4n) is 3.26. The van der Waals surface area contributed by atoms with Gasteiger partial charge in [-0.3, -0.25) is 0 Å². The largest absolute Gasteiger partial charge is 0.317 e. The highest BCUT2D eigenvalue weighted by molar-refractivity contribution is 5.18. The van der Waals surface area contributed by atoms with E-state index in [1.54, 1.807) is 12.1 Å². The van der Waals surface area contributed by atoms with Gasteiger partial charge in [-0.05, 0) is 64.8 Å². The van der Waals surface area contributed by atoms with Crippen molar-refractivity contribution in [1.82, 2.24) is 10.2 Å². The second kappa shape index (κ2) is 7.19. The van der Waals surface area contributed by atoms with Crippen LogP contribution in [-0.4, -0.2) is 37.1 Å².